The van der Waals surface area contributed by atoms with Crippen LogP contribution in [0.4, 0.5) is 0 Å². The van der Waals surface area contributed by atoms with E-state index in [9.17, 15) is 0 Å². The summed E-state index contributed by atoms with van der Waals surface area (Å²) in [7, 11) is 0. The van der Waals surface area contributed by atoms with Gasteiger partial charge in [0.05, 0.1) is 12.7 Å². The zero-order valence-electron chi connectivity index (χ0n) is 9.84. The molecule has 1 saturated carbocycles. The fourth-order valence-corrected chi connectivity index (χ4v) is 3.40. The zero-order chi connectivity index (χ0) is 10.9. The smallest absolute Gasteiger partial charge is 0.0700 e. The maximum Gasteiger partial charge on any atom is 0.0700 e. The molecule has 88 valence electrons. The lowest BCUT2D eigenvalue weighted by atomic mass is 9.70. The maximum atomic E-state index is 5.67. The lowest BCUT2D eigenvalue weighted by molar-refractivity contribution is -0.0741. The van der Waals surface area contributed by atoms with Crippen LogP contribution in [0.3, 0.4) is 0 Å². The lowest BCUT2D eigenvalue weighted by Crippen LogP contribution is -2.54. The Hall–Kier alpha value is 0.400. The van der Waals surface area contributed by atoms with E-state index in [4.69, 9.17) is 4.74 Å². The van der Waals surface area contributed by atoms with E-state index in [-0.39, 0.29) is 0 Å². The van der Waals surface area contributed by atoms with Gasteiger partial charge in [0.1, 0.15) is 0 Å². The summed E-state index contributed by atoms with van der Waals surface area (Å²) in [6, 6.07) is 0.579. The molecule has 1 saturated heterocycles. The van der Waals surface area contributed by atoms with Crippen LogP contribution in [-0.2, 0) is 4.74 Å². The van der Waals surface area contributed by atoms with E-state index < -0.39 is 0 Å². The molecule has 0 bridgehead atoms. The number of ether oxygens (including phenoxy) is 1. The molecule has 3 heteroatoms. The molecule has 0 aromatic carbocycles. The van der Waals surface area contributed by atoms with Gasteiger partial charge >= 0.3 is 0 Å². The van der Waals surface area contributed by atoms with E-state index in [1.807, 2.05) is 0 Å². The normalized spacial score (nSPS) is 36.2. The highest BCUT2D eigenvalue weighted by atomic mass is 79.9. The van der Waals surface area contributed by atoms with Crippen LogP contribution < -0.4 is 0 Å². The van der Waals surface area contributed by atoms with Crippen molar-refractivity contribution in [2.75, 3.05) is 25.0 Å². The number of alkyl halides is 1. The first-order valence-electron chi connectivity index (χ1n) is 6.08. The molecule has 1 aliphatic carbocycles. The summed E-state index contributed by atoms with van der Waals surface area (Å²) in [4.78, 5) is 2.62. The fraction of sp³-hybridized carbons (Fsp3) is 1.00. The van der Waals surface area contributed by atoms with E-state index in [1.165, 1.54) is 31.1 Å². The fourth-order valence-electron chi connectivity index (χ4n) is 2.66. The van der Waals surface area contributed by atoms with Gasteiger partial charge in [-0.15, -0.1) is 0 Å². The molecule has 0 aromatic heterocycles. The van der Waals surface area contributed by atoms with E-state index >= 15 is 0 Å². The van der Waals surface area contributed by atoms with Crippen LogP contribution in [0.5, 0.6) is 0 Å². The molecular formula is C12H22BrNO. The first kappa shape index (κ1) is 11.9. The molecule has 0 N–H and O–H groups in total. The standard InChI is InChI=1S/C12H22BrNO/c1-10-11(2)15-7-6-14(10)9-12(8-13)4-3-5-12/h10-11H,3-9H2,1-2H3. The second-order valence-electron chi connectivity index (χ2n) is 5.27. The topological polar surface area (TPSA) is 12.5 Å². The zero-order valence-corrected chi connectivity index (χ0v) is 11.4. The van der Waals surface area contributed by atoms with Crippen LogP contribution in [0.2, 0.25) is 0 Å². The van der Waals surface area contributed by atoms with Gasteiger partial charge in [-0.2, -0.15) is 0 Å². The van der Waals surface area contributed by atoms with Crippen LogP contribution >= 0.6 is 15.9 Å². The van der Waals surface area contributed by atoms with Crippen molar-refractivity contribution in [3.63, 3.8) is 0 Å². The summed E-state index contributed by atoms with van der Waals surface area (Å²) >= 11 is 3.69. The van der Waals surface area contributed by atoms with E-state index in [1.54, 1.807) is 0 Å². The van der Waals surface area contributed by atoms with E-state index in [2.05, 4.69) is 34.7 Å². The van der Waals surface area contributed by atoms with Gasteiger partial charge in [-0.1, -0.05) is 22.4 Å². The molecule has 1 aliphatic heterocycles. The van der Waals surface area contributed by atoms with Gasteiger partial charge in [0.2, 0.25) is 0 Å². The maximum absolute atomic E-state index is 5.67. The second kappa shape index (κ2) is 4.72. The quantitative estimate of drug-likeness (QED) is 0.735. The van der Waals surface area contributed by atoms with Crippen molar-refractivity contribution in [2.24, 2.45) is 5.41 Å². The minimum Gasteiger partial charge on any atom is -0.376 e. The van der Waals surface area contributed by atoms with Crippen molar-refractivity contribution >= 4 is 15.9 Å². The van der Waals surface area contributed by atoms with E-state index in [0.717, 1.165) is 13.2 Å². The van der Waals surface area contributed by atoms with E-state index in [0.29, 0.717) is 17.6 Å². The minimum absolute atomic E-state index is 0.395. The Morgan fingerprint density at radius 2 is 2.13 bits per heavy atom. The van der Waals surface area contributed by atoms with Gasteiger partial charge in [0.25, 0.3) is 0 Å². The Morgan fingerprint density at radius 1 is 1.40 bits per heavy atom. The number of morpholine rings is 1. The van der Waals surface area contributed by atoms with Gasteiger partial charge in [0.15, 0.2) is 0 Å². The van der Waals surface area contributed by atoms with Crippen LogP contribution in [0.15, 0.2) is 0 Å². The Morgan fingerprint density at radius 3 is 2.67 bits per heavy atom. The number of halogens is 1. The average Bonchev–Trinajstić information content (AvgIpc) is 2.18. The predicted molar refractivity (Wildman–Crippen MR) is 66.5 cm³/mol. The number of hydrogen-bond donors (Lipinski definition) is 0. The number of nitrogens with zero attached hydrogens (tertiary/aromatic N) is 1. The monoisotopic (exact) mass is 275 g/mol. The van der Waals surface area contributed by atoms with Crippen LogP contribution in [0.1, 0.15) is 33.1 Å². The summed E-state index contributed by atoms with van der Waals surface area (Å²) in [5.74, 6) is 0. The minimum atomic E-state index is 0.395. The molecule has 2 fully saturated rings. The van der Waals surface area contributed by atoms with Gasteiger partial charge in [-0.05, 0) is 32.1 Å². The highest BCUT2D eigenvalue weighted by Crippen LogP contribution is 2.43. The summed E-state index contributed by atoms with van der Waals surface area (Å²) in [6.45, 7) is 7.76. The molecule has 1 heterocycles. The van der Waals surface area contributed by atoms with Gasteiger partial charge < -0.3 is 4.74 Å². The first-order chi connectivity index (χ1) is 7.17. The SMILES string of the molecule is CC1OCCN(CC2(CBr)CCC2)C1C. The van der Waals surface area contributed by atoms with Gasteiger partial charge in [0, 0.05) is 24.5 Å². The molecule has 0 aromatic rings. The van der Waals surface area contributed by atoms with Crippen molar-refractivity contribution < 1.29 is 4.74 Å². The molecule has 2 rings (SSSR count). The Balaban J connectivity index is 1.92. The van der Waals surface area contributed by atoms with Crippen LogP contribution in [-0.4, -0.2) is 42.1 Å². The first-order valence-corrected chi connectivity index (χ1v) is 7.21. The highest BCUT2D eigenvalue weighted by Gasteiger charge is 2.39. The van der Waals surface area contributed by atoms with Crippen molar-refractivity contribution in [1.82, 2.24) is 4.90 Å². The van der Waals surface area contributed by atoms with Crippen LogP contribution in [0, 0.1) is 5.41 Å². The molecule has 0 amide bonds. The second-order valence-corrected chi connectivity index (χ2v) is 5.83. The van der Waals surface area contributed by atoms with Crippen molar-refractivity contribution in [3.8, 4) is 0 Å². The van der Waals surface area contributed by atoms with Crippen molar-refractivity contribution in [3.05, 3.63) is 0 Å². The number of rotatable bonds is 3. The third kappa shape index (κ3) is 2.40. The van der Waals surface area contributed by atoms with Gasteiger partial charge in [-0.25, -0.2) is 0 Å². The third-order valence-electron chi connectivity index (χ3n) is 4.25. The molecule has 2 atom stereocenters. The highest BCUT2D eigenvalue weighted by molar-refractivity contribution is 9.09. The molecule has 0 spiro atoms. The predicted octanol–water partition coefficient (Wildman–Crippen LogP) is 2.66. The molecule has 2 nitrogen and oxygen atoms in total. The van der Waals surface area contributed by atoms with Crippen molar-refractivity contribution in [2.45, 2.75) is 45.3 Å². The van der Waals surface area contributed by atoms with Crippen LogP contribution in [0.25, 0.3) is 0 Å². The Labute approximate surface area is 101 Å². The summed E-state index contributed by atoms with van der Waals surface area (Å²) in [5, 5.41) is 1.17. The lowest BCUT2D eigenvalue weighted by Gasteiger charge is -2.48. The molecular weight excluding hydrogens is 254 g/mol. The van der Waals surface area contributed by atoms with Crippen molar-refractivity contribution in [1.29, 1.82) is 0 Å². The Kier molecular flexibility index (Phi) is 3.74. The van der Waals surface area contributed by atoms with Gasteiger partial charge in [-0.3, -0.25) is 4.90 Å². The largest absolute Gasteiger partial charge is 0.376 e. The molecule has 2 unspecified atom stereocenters. The average molecular weight is 276 g/mol. The molecule has 0 radical (unpaired) electrons. The Bertz CT molecular complexity index is 212. The third-order valence-corrected chi connectivity index (χ3v) is 5.44. The molecule has 15 heavy (non-hydrogen) atoms. The summed E-state index contributed by atoms with van der Waals surface area (Å²) in [5.41, 5.74) is 0.575. The summed E-state index contributed by atoms with van der Waals surface area (Å²) < 4.78 is 5.67. The molecule has 2 aliphatic rings. The summed E-state index contributed by atoms with van der Waals surface area (Å²) in [6.07, 6.45) is 4.61. The number of hydrogen-bond acceptors (Lipinski definition) is 2.